The van der Waals surface area contributed by atoms with Crippen molar-refractivity contribution in [2.45, 2.75) is 25.3 Å². The molecule has 0 radical (unpaired) electrons. The molecule has 0 bridgehead atoms. The lowest BCUT2D eigenvalue weighted by atomic mass is 9.86. The fraction of sp³-hybridized carbons (Fsp3) is 0.250. The summed E-state index contributed by atoms with van der Waals surface area (Å²) in [7, 11) is 0. The molecule has 1 aliphatic carbocycles. The van der Waals surface area contributed by atoms with E-state index in [1.165, 1.54) is 17.2 Å². The van der Waals surface area contributed by atoms with Crippen LogP contribution in [-0.2, 0) is 6.42 Å². The molecule has 2 aromatic rings. The first kappa shape index (κ1) is 11.4. The minimum absolute atomic E-state index is 0.127. The summed E-state index contributed by atoms with van der Waals surface area (Å²) in [6.45, 7) is 0. The molecule has 2 aromatic carbocycles. The van der Waals surface area contributed by atoms with Gasteiger partial charge in [-0.15, -0.1) is 0 Å². The van der Waals surface area contributed by atoms with Crippen molar-refractivity contribution in [3.63, 3.8) is 0 Å². The average molecular weight is 241 g/mol. The van der Waals surface area contributed by atoms with E-state index >= 15 is 0 Å². The van der Waals surface area contributed by atoms with Crippen LogP contribution in [0, 0.1) is 5.82 Å². The predicted octanol–water partition coefficient (Wildman–Crippen LogP) is 3.83. The van der Waals surface area contributed by atoms with Crippen LogP contribution < -0.4 is 5.73 Å². The predicted molar refractivity (Wildman–Crippen MR) is 71.7 cm³/mol. The van der Waals surface area contributed by atoms with E-state index in [0.29, 0.717) is 0 Å². The SMILES string of the molecule is NC1CCCc2ccc(-c3cccc(F)c3)cc21. The fourth-order valence-electron chi connectivity index (χ4n) is 2.68. The van der Waals surface area contributed by atoms with E-state index in [0.717, 1.165) is 30.4 Å². The molecule has 0 fully saturated rings. The molecule has 1 unspecified atom stereocenters. The Kier molecular flexibility index (Phi) is 2.88. The zero-order valence-corrected chi connectivity index (χ0v) is 10.2. The maximum atomic E-state index is 13.2. The van der Waals surface area contributed by atoms with Crippen LogP contribution in [0.5, 0.6) is 0 Å². The molecule has 3 rings (SSSR count). The standard InChI is InChI=1S/C16H16FN/c17-14-5-1-4-12(9-14)13-8-7-11-3-2-6-16(18)15(11)10-13/h1,4-5,7-10,16H,2-3,6,18H2. The average Bonchev–Trinajstić information content (AvgIpc) is 2.39. The zero-order chi connectivity index (χ0) is 12.5. The second-order valence-electron chi connectivity index (χ2n) is 4.92. The van der Waals surface area contributed by atoms with Gasteiger partial charge in [-0.2, -0.15) is 0 Å². The smallest absolute Gasteiger partial charge is 0.123 e. The molecule has 0 aromatic heterocycles. The molecular weight excluding hydrogens is 225 g/mol. The van der Waals surface area contributed by atoms with Crippen LogP contribution in [0.1, 0.15) is 30.0 Å². The highest BCUT2D eigenvalue weighted by molar-refractivity contribution is 5.65. The van der Waals surface area contributed by atoms with Crippen LogP contribution in [-0.4, -0.2) is 0 Å². The molecule has 0 spiro atoms. The Morgan fingerprint density at radius 1 is 1.06 bits per heavy atom. The van der Waals surface area contributed by atoms with E-state index in [1.807, 2.05) is 6.07 Å². The van der Waals surface area contributed by atoms with Gasteiger partial charge >= 0.3 is 0 Å². The summed E-state index contributed by atoms with van der Waals surface area (Å²) in [5, 5.41) is 0. The molecule has 2 N–H and O–H groups in total. The number of benzene rings is 2. The largest absolute Gasteiger partial charge is 0.324 e. The lowest BCUT2D eigenvalue weighted by molar-refractivity contribution is 0.571. The molecule has 1 atom stereocenters. The number of hydrogen-bond donors (Lipinski definition) is 1. The maximum absolute atomic E-state index is 13.2. The summed E-state index contributed by atoms with van der Waals surface area (Å²) in [6.07, 6.45) is 3.31. The third kappa shape index (κ3) is 2.04. The van der Waals surface area contributed by atoms with Gasteiger partial charge in [0.1, 0.15) is 5.82 Å². The van der Waals surface area contributed by atoms with Crippen molar-refractivity contribution in [1.82, 2.24) is 0 Å². The second kappa shape index (κ2) is 4.54. The van der Waals surface area contributed by atoms with E-state index in [9.17, 15) is 4.39 Å². The number of aryl methyl sites for hydroxylation is 1. The topological polar surface area (TPSA) is 26.0 Å². The van der Waals surface area contributed by atoms with E-state index in [1.54, 1.807) is 12.1 Å². The van der Waals surface area contributed by atoms with E-state index in [4.69, 9.17) is 5.73 Å². The molecular formula is C16H16FN. The molecule has 1 nitrogen and oxygen atoms in total. The van der Waals surface area contributed by atoms with Crippen LogP contribution in [0.2, 0.25) is 0 Å². The lowest BCUT2D eigenvalue weighted by Gasteiger charge is -2.23. The van der Waals surface area contributed by atoms with E-state index in [2.05, 4.69) is 18.2 Å². The van der Waals surface area contributed by atoms with Crippen molar-refractivity contribution >= 4 is 0 Å². The summed E-state index contributed by atoms with van der Waals surface area (Å²) in [4.78, 5) is 0. The van der Waals surface area contributed by atoms with Gasteiger partial charge in [-0.25, -0.2) is 4.39 Å². The van der Waals surface area contributed by atoms with Gasteiger partial charge in [0.05, 0.1) is 0 Å². The van der Waals surface area contributed by atoms with Gasteiger partial charge in [-0.1, -0.05) is 24.3 Å². The highest BCUT2D eigenvalue weighted by Gasteiger charge is 2.17. The molecule has 18 heavy (non-hydrogen) atoms. The molecule has 0 amide bonds. The number of hydrogen-bond acceptors (Lipinski definition) is 1. The number of fused-ring (bicyclic) bond motifs is 1. The Morgan fingerprint density at radius 3 is 2.72 bits per heavy atom. The molecule has 0 saturated carbocycles. The van der Waals surface area contributed by atoms with Gasteiger partial charge in [-0.3, -0.25) is 0 Å². The maximum Gasteiger partial charge on any atom is 0.123 e. The number of halogens is 1. The summed E-state index contributed by atoms with van der Waals surface area (Å²) >= 11 is 0. The minimum Gasteiger partial charge on any atom is -0.324 e. The summed E-state index contributed by atoms with van der Waals surface area (Å²) in [5.41, 5.74) is 10.7. The Balaban J connectivity index is 2.06. The van der Waals surface area contributed by atoms with Crippen molar-refractivity contribution in [2.24, 2.45) is 5.73 Å². The molecule has 0 heterocycles. The van der Waals surface area contributed by atoms with Crippen LogP contribution in [0.4, 0.5) is 4.39 Å². The third-order valence-electron chi connectivity index (χ3n) is 3.66. The van der Waals surface area contributed by atoms with Crippen molar-refractivity contribution in [3.8, 4) is 11.1 Å². The van der Waals surface area contributed by atoms with E-state index < -0.39 is 0 Å². The van der Waals surface area contributed by atoms with Crippen LogP contribution in [0.25, 0.3) is 11.1 Å². The highest BCUT2D eigenvalue weighted by atomic mass is 19.1. The molecule has 1 aliphatic rings. The summed E-state index contributed by atoms with van der Waals surface area (Å²) in [6, 6.07) is 13.1. The van der Waals surface area contributed by atoms with E-state index in [-0.39, 0.29) is 11.9 Å². The Labute approximate surface area is 106 Å². The first-order valence-corrected chi connectivity index (χ1v) is 6.38. The number of nitrogens with two attached hydrogens (primary N) is 1. The molecule has 2 heteroatoms. The van der Waals surface area contributed by atoms with Crippen molar-refractivity contribution in [1.29, 1.82) is 0 Å². The van der Waals surface area contributed by atoms with Gasteiger partial charge in [0.15, 0.2) is 0 Å². The third-order valence-corrected chi connectivity index (χ3v) is 3.66. The Hall–Kier alpha value is -1.67. The summed E-state index contributed by atoms with van der Waals surface area (Å²) in [5.74, 6) is -0.200. The molecule has 92 valence electrons. The fourth-order valence-corrected chi connectivity index (χ4v) is 2.68. The normalized spacial score (nSPS) is 18.4. The Morgan fingerprint density at radius 2 is 1.89 bits per heavy atom. The van der Waals surface area contributed by atoms with Crippen molar-refractivity contribution in [3.05, 3.63) is 59.4 Å². The van der Waals surface area contributed by atoms with Crippen molar-refractivity contribution in [2.75, 3.05) is 0 Å². The van der Waals surface area contributed by atoms with Crippen LogP contribution in [0.15, 0.2) is 42.5 Å². The van der Waals surface area contributed by atoms with Gasteiger partial charge in [0.25, 0.3) is 0 Å². The van der Waals surface area contributed by atoms with Crippen LogP contribution in [0.3, 0.4) is 0 Å². The molecule has 0 saturated heterocycles. The van der Waals surface area contributed by atoms with Crippen molar-refractivity contribution < 1.29 is 4.39 Å². The monoisotopic (exact) mass is 241 g/mol. The molecule has 0 aliphatic heterocycles. The quantitative estimate of drug-likeness (QED) is 0.806. The second-order valence-corrected chi connectivity index (χ2v) is 4.92. The Bertz CT molecular complexity index is 577. The zero-order valence-electron chi connectivity index (χ0n) is 10.2. The number of rotatable bonds is 1. The van der Waals surface area contributed by atoms with Gasteiger partial charge in [0, 0.05) is 6.04 Å². The lowest BCUT2D eigenvalue weighted by Crippen LogP contribution is -2.17. The van der Waals surface area contributed by atoms with Gasteiger partial charge < -0.3 is 5.73 Å². The van der Waals surface area contributed by atoms with Gasteiger partial charge in [-0.05, 0) is 59.7 Å². The first-order valence-electron chi connectivity index (χ1n) is 6.38. The van der Waals surface area contributed by atoms with Crippen LogP contribution >= 0.6 is 0 Å². The minimum atomic E-state index is -0.200. The van der Waals surface area contributed by atoms with Gasteiger partial charge in [0.2, 0.25) is 0 Å². The highest BCUT2D eigenvalue weighted by Crippen LogP contribution is 2.31. The summed E-state index contributed by atoms with van der Waals surface area (Å²) < 4.78 is 13.2. The first-order chi connectivity index (χ1) is 8.74.